The lowest BCUT2D eigenvalue weighted by molar-refractivity contribution is -0.122. The minimum Gasteiger partial charge on any atom is -0.350 e. The van der Waals surface area contributed by atoms with E-state index in [1.54, 1.807) is 48.5 Å². The fraction of sp³-hybridized carbons (Fsp3) is 0.200. The van der Waals surface area contributed by atoms with Crippen LogP contribution in [0.3, 0.4) is 0 Å². The lowest BCUT2D eigenvalue weighted by atomic mass is 10.1. The summed E-state index contributed by atoms with van der Waals surface area (Å²) in [5.74, 6) is -0.243. The van der Waals surface area contributed by atoms with Crippen molar-refractivity contribution >= 4 is 16.7 Å². The maximum atomic E-state index is 12.4. The summed E-state index contributed by atoms with van der Waals surface area (Å²) in [5, 5.41) is 14.8. The second kappa shape index (κ2) is 7.70. The van der Waals surface area contributed by atoms with Crippen LogP contribution >= 0.6 is 0 Å². The van der Waals surface area contributed by atoms with Crippen LogP contribution in [0.2, 0.25) is 0 Å². The van der Waals surface area contributed by atoms with Crippen molar-refractivity contribution < 1.29 is 4.79 Å². The summed E-state index contributed by atoms with van der Waals surface area (Å²) in [5.41, 5.74) is 0.727. The topological polar surface area (TPSA) is 108 Å². The van der Waals surface area contributed by atoms with Crippen LogP contribution in [0.5, 0.6) is 0 Å². The number of benzene rings is 2. The first-order chi connectivity index (χ1) is 13.0. The molecular formula is C20H18N4O3. The summed E-state index contributed by atoms with van der Waals surface area (Å²) in [6.07, 6.45) is 0.0504. The largest absolute Gasteiger partial charge is 0.350 e. The Morgan fingerprint density at radius 2 is 1.81 bits per heavy atom. The van der Waals surface area contributed by atoms with Gasteiger partial charge in [0.25, 0.3) is 11.1 Å². The van der Waals surface area contributed by atoms with Crippen molar-refractivity contribution in [3.05, 3.63) is 80.4 Å². The number of hydrogen-bond donors (Lipinski definition) is 2. The molecule has 3 aromatic rings. The first kappa shape index (κ1) is 18.1. The number of hydrogen-bond acceptors (Lipinski definition) is 4. The fourth-order valence-electron chi connectivity index (χ4n) is 2.86. The highest BCUT2D eigenvalue weighted by Gasteiger charge is 2.12. The molecule has 1 atom stereocenters. The average Bonchev–Trinajstić information content (AvgIpc) is 2.69. The number of nitrogens with zero attached hydrogens (tertiary/aromatic N) is 2. The summed E-state index contributed by atoms with van der Waals surface area (Å²) in [7, 11) is 0. The number of carbonyl (C=O) groups excluding carboxylic acids is 1. The highest BCUT2D eigenvalue weighted by atomic mass is 16.2. The Morgan fingerprint density at radius 1 is 1.15 bits per heavy atom. The quantitative estimate of drug-likeness (QED) is 0.722. The van der Waals surface area contributed by atoms with Crippen LogP contribution in [0.15, 0.2) is 58.1 Å². The lowest BCUT2D eigenvalue weighted by Gasteiger charge is -2.15. The van der Waals surface area contributed by atoms with E-state index in [1.807, 2.05) is 13.0 Å². The van der Waals surface area contributed by atoms with Gasteiger partial charge >= 0.3 is 0 Å². The summed E-state index contributed by atoms with van der Waals surface area (Å²) in [6.45, 7) is 1.91. The molecule has 136 valence electrons. The van der Waals surface area contributed by atoms with E-state index in [-0.39, 0.29) is 36.0 Å². The number of aromatic amines is 1. The number of amides is 1. The Labute approximate surface area is 154 Å². The van der Waals surface area contributed by atoms with Crippen LogP contribution in [0.25, 0.3) is 10.8 Å². The van der Waals surface area contributed by atoms with Crippen LogP contribution in [-0.2, 0) is 11.3 Å². The number of aryl methyl sites for hydroxylation is 1. The molecular weight excluding hydrogens is 344 g/mol. The molecule has 1 amide bonds. The standard InChI is InChI=1S/C20H18N4O3/c1-13(15-8-6-14(12-21)7-9-15)22-18(25)10-11-24-20(27)17-5-3-2-4-16(17)19(26)23-24/h2-9,13H,10-11H2,1H3,(H,22,25)(H,23,26). The van der Waals surface area contributed by atoms with Crippen molar-refractivity contribution in [1.82, 2.24) is 15.1 Å². The predicted molar refractivity (Wildman–Crippen MR) is 101 cm³/mol. The van der Waals surface area contributed by atoms with E-state index in [2.05, 4.69) is 10.4 Å². The van der Waals surface area contributed by atoms with E-state index < -0.39 is 0 Å². The molecule has 1 aromatic heterocycles. The van der Waals surface area contributed by atoms with Crippen molar-refractivity contribution in [3.8, 4) is 6.07 Å². The van der Waals surface area contributed by atoms with Crippen LogP contribution < -0.4 is 16.4 Å². The van der Waals surface area contributed by atoms with Crippen molar-refractivity contribution in [2.75, 3.05) is 0 Å². The number of H-pyrrole nitrogens is 1. The van der Waals surface area contributed by atoms with E-state index in [9.17, 15) is 14.4 Å². The summed E-state index contributed by atoms with van der Waals surface area (Å²) >= 11 is 0. The molecule has 0 fully saturated rings. The molecule has 7 heteroatoms. The maximum absolute atomic E-state index is 12.4. The third kappa shape index (κ3) is 3.96. The maximum Gasteiger partial charge on any atom is 0.273 e. The third-order valence-electron chi connectivity index (χ3n) is 4.36. The molecule has 0 aliphatic heterocycles. The van der Waals surface area contributed by atoms with Crippen molar-refractivity contribution in [2.24, 2.45) is 0 Å². The summed E-state index contributed by atoms with van der Waals surface area (Å²) < 4.78 is 1.16. The zero-order valence-electron chi connectivity index (χ0n) is 14.7. The lowest BCUT2D eigenvalue weighted by Crippen LogP contribution is -2.33. The molecule has 0 aliphatic rings. The average molecular weight is 362 g/mol. The van der Waals surface area contributed by atoms with Crippen LogP contribution in [0.4, 0.5) is 0 Å². The molecule has 1 unspecified atom stereocenters. The van der Waals surface area contributed by atoms with Crippen molar-refractivity contribution in [3.63, 3.8) is 0 Å². The first-order valence-corrected chi connectivity index (χ1v) is 8.51. The molecule has 0 bridgehead atoms. The normalized spacial score (nSPS) is 11.7. The van der Waals surface area contributed by atoms with Crippen molar-refractivity contribution in [2.45, 2.75) is 25.9 Å². The summed E-state index contributed by atoms with van der Waals surface area (Å²) in [4.78, 5) is 36.7. The third-order valence-corrected chi connectivity index (χ3v) is 4.36. The van der Waals surface area contributed by atoms with E-state index >= 15 is 0 Å². The highest BCUT2D eigenvalue weighted by molar-refractivity contribution is 5.80. The monoisotopic (exact) mass is 362 g/mol. The zero-order valence-corrected chi connectivity index (χ0v) is 14.7. The van der Waals surface area contributed by atoms with Crippen LogP contribution in [0, 0.1) is 11.3 Å². The summed E-state index contributed by atoms with van der Waals surface area (Å²) in [6, 6.07) is 15.3. The van der Waals surface area contributed by atoms with Gasteiger partial charge in [0, 0.05) is 6.42 Å². The van der Waals surface area contributed by atoms with Crippen LogP contribution in [-0.4, -0.2) is 15.7 Å². The fourth-order valence-corrected chi connectivity index (χ4v) is 2.86. The number of nitriles is 1. The van der Waals surface area contributed by atoms with Gasteiger partial charge < -0.3 is 5.32 Å². The predicted octanol–water partition coefficient (Wildman–Crippen LogP) is 1.83. The van der Waals surface area contributed by atoms with Gasteiger partial charge in [-0.3, -0.25) is 19.5 Å². The van der Waals surface area contributed by atoms with Crippen LogP contribution in [0.1, 0.15) is 30.5 Å². The Kier molecular flexibility index (Phi) is 5.18. The Balaban J connectivity index is 1.68. The van der Waals surface area contributed by atoms with Gasteiger partial charge in [-0.25, -0.2) is 4.68 Å². The molecule has 0 aliphatic carbocycles. The van der Waals surface area contributed by atoms with E-state index in [4.69, 9.17) is 5.26 Å². The number of aromatic nitrogens is 2. The molecule has 1 heterocycles. The molecule has 3 rings (SSSR count). The second-order valence-corrected chi connectivity index (χ2v) is 6.22. The molecule has 0 radical (unpaired) electrons. The Bertz CT molecular complexity index is 1140. The molecule has 2 aromatic carbocycles. The molecule has 0 saturated heterocycles. The SMILES string of the molecule is CC(NC(=O)CCn1[nH]c(=O)c2ccccc2c1=O)c1ccc(C#N)cc1. The van der Waals surface area contributed by atoms with Gasteiger partial charge in [0.15, 0.2) is 0 Å². The molecule has 0 saturated carbocycles. The van der Waals surface area contributed by atoms with E-state index in [1.165, 1.54) is 0 Å². The molecule has 0 spiro atoms. The van der Waals surface area contributed by atoms with Gasteiger partial charge in [-0.1, -0.05) is 24.3 Å². The molecule has 27 heavy (non-hydrogen) atoms. The first-order valence-electron chi connectivity index (χ1n) is 8.51. The Morgan fingerprint density at radius 3 is 2.48 bits per heavy atom. The van der Waals surface area contributed by atoms with Gasteiger partial charge in [-0.2, -0.15) is 5.26 Å². The van der Waals surface area contributed by atoms with Crippen molar-refractivity contribution in [1.29, 1.82) is 5.26 Å². The van der Waals surface area contributed by atoms with Gasteiger partial charge in [-0.15, -0.1) is 0 Å². The number of rotatable bonds is 5. The molecule has 7 nitrogen and oxygen atoms in total. The second-order valence-electron chi connectivity index (χ2n) is 6.22. The minimum absolute atomic E-state index is 0.0504. The van der Waals surface area contributed by atoms with Gasteiger partial charge in [0.1, 0.15) is 0 Å². The zero-order chi connectivity index (χ0) is 19.4. The molecule has 2 N–H and O–H groups in total. The van der Waals surface area contributed by atoms with Gasteiger partial charge in [-0.05, 0) is 36.8 Å². The number of fused-ring (bicyclic) bond motifs is 1. The van der Waals surface area contributed by atoms with E-state index in [0.717, 1.165) is 10.2 Å². The number of nitrogens with one attached hydrogen (secondary N) is 2. The van der Waals surface area contributed by atoms with Gasteiger partial charge in [0.05, 0.1) is 35.0 Å². The van der Waals surface area contributed by atoms with Gasteiger partial charge in [0.2, 0.25) is 5.91 Å². The Hall–Kier alpha value is -3.66. The number of carbonyl (C=O) groups is 1. The smallest absolute Gasteiger partial charge is 0.273 e. The van der Waals surface area contributed by atoms with E-state index in [0.29, 0.717) is 16.3 Å². The minimum atomic E-state index is -0.364. The highest BCUT2D eigenvalue weighted by Crippen LogP contribution is 2.13.